The molecule has 0 aliphatic heterocycles. The summed E-state index contributed by atoms with van der Waals surface area (Å²) < 4.78 is 45.1. The van der Waals surface area contributed by atoms with Crippen LogP contribution in [-0.4, -0.2) is 26.7 Å². The van der Waals surface area contributed by atoms with Gasteiger partial charge in [0.1, 0.15) is 0 Å². The normalized spacial score (nSPS) is 11.9. The number of aromatic nitrogens is 3. The highest BCUT2D eigenvalue weighted by atomic mass is 19.4. The van der Waals surface area contributed by atoms with Crippen molar-refractivity contribution < 1.29 is 22.7 Å². The Bertz CT molecular complexity index is 1050. The minimum absolute atomic E-state index is 0.0417. The molecule has 3 rings (SSSR count). The topological polar surface area (TPSA) is 76.5 Å². The molecule has 0 aliphatic rings. The first-order valence-electron chi connectivity index (χ1n) is 8.13. The number of alkyl halides is 3. The number of nitrogens with zero attached hydrogens (tertiary/aromatic N) is 2. The van der Waals surface area contributed by atoms with Crippen LogP contribution in [0.2, 0.25) is 0 Å². The van der Waals surface area contributed by atoms with Gasteiger partial charge >= 0.3 is 12.1 Å². The molecule has 1 aromatic carbocycles. The Hall–Kier alpha value is -3.10. The molecule has 0 fully saturated rings. The third-order valence-electron chi connectivity index (χ3n) is 3.81. The summed E-state index contributed by atoms with van der Waals surface area (Å²) in [5, 5.41) is 2.67. The molecule has 9 heteroatoms. The Morgan fingerprint density at radius 3 is 2.70 bits per heavy atom. The van der Waals surface area contributed by atoms with E-state index in [1.54, 1.807) is 13.8 Å². The first-order valence-corrected chi connectivity index (χ1v) is 8.13. The number of esters is 1. The van der Waals surface area contributed by atoms with Gasteiger partial charge in [-0.15, -0.1) is 0 Å². The molecule has 1 N–H and O–H groups in total. The van der Waals surface area contributed by atoms with E-state index in [0.717, 1.165) is 16.6 Å². The summed E-state index contributed by atoms with van der Waals surface area (Å²) in [4.78, 5) is 29.3. The summed E-state index contributed by atoms with van der Waals surface area (Å²) >= 11 is 0. The number of nitrogens with one attached hydrogen (secondary N) is 1. The molecule has 0 aliphatic carbocycles. The van der Waals surface area contributed by atoms with Gasteiger partial charge in [0.2, 0.25) is 0 Å². The average Bonchev–Trinajstić information content (AvgIpc) is 3.05. The minimum atomic E-state index is -4.51. The molecular weight excluding hydrogens is 363 g/mol. The predicted molar refractivity (Wildman–Crippen MR) is 90.6 cm³/mol. The van der Waals surface area contributed by atoms with Crippen molar-refractivity contribution in [1.82, 2.24) is 14.6 Å². The second-order valence-corrected chi connectivity index (χ2v) is 6.23. The number of fused-ring (bicyclic) bond motifs is 1. The molecule has 0 radical (unpaired) electrons. The van der Waals surface area contributed by atoms with E-state index in [9.17, 15) is 22.8 Å². The molecule has 142 valence electrons. The van der Waals surface area contributed by atoms with Gasteiger partial charge in [0.05, 0.1) is 17.2 Å². The van der Waals surface area contributed by atoms with E-state index in [-0.39, 0.29) is 28.9 Å². The Morgan fingerprint density at radius 1 is 1.30 bits per heavy atom. The van der Waals surface area contributed by atoms with Gasteiger partial charge in [-0.05, 0) is 25.5 Å². The summed E-state index contributed by atoms with van der Waals surface area (Å²) in [5.41, 5.74) is -1.21. The van der Waals surface area contributed by atoms with Crippen molar-refractivity contribution >= 4 is 11.6 Å². The van der Waals surface area contributed by atoms with Crippen LogP contribution in [0, 0.1) is 0 Å². The van der Waals surface area contributed by atoms with Gasteiger partial charge in [0, 0.05) is 18.7 Å². The van der Waals surface area contributed by atoms with E-state index in [2.05, 4.69) is 10.1 Å². The van der Waals surface area contributed by atoms with Gasteiger partial charge in [-0.25, -0.2) is 14.3 Å². The monoisotopic (exact) mass is 379 g/mol. The van der Waals surface area contributed by atoms with E-state index in [1.165, 1.54) is 24.4 Å². The molecule has 2 aromatic heterocycles. The maximum absolute atomic E-state index is 12.9. The third kappa shape index (κ3) is 3.86. The number of hydrogen-bond acceptors (Lipinski definition) is 4. The second-order valence-electron chi connectivity index (χ2n) is 6.23. The van der Waals surface area contributed by atoms with Gasteiger partial charge in [-0.3, -0.25) is 9.89 Å². The van der Waals surface area contributed by atoms with Crippen molar-refractivity contribution in [2.75, 3.05) is 0 Å². The lowest BCUT2D eigenvalue weighted by molar-refractivity contribution is -0.137. The summed E-state index contributed by atoms with van der Waals surface area (Å²) in [6.07, 6.45) is -3.67. The smallest absolute Gasteiger partial charge is 0.416 e. The van der Waals surface area contributed by atoms with E-state index in [1.807, 2.05) is 0 Å². The number of H-pyrrole nitrogens is 1. The highest BCUT2D eigenvalue weighted by molar-refractivity contribution is 5.89. The fraction of sp³-hybridized carbons (Fsp3) is 0.278. The number of hydrogen-bond donors (Lipinski definition) is 1. The number of aromatic amines is 1. The van der Waals surface area contributed by atoms with Crippen LogP contribution in [0.4, 0.5) is 13.2 Å². The molecule has 0 amide bonds. The van der Waals surface area contributed by atoms with Gasteiger partial charge in [-0.2, -0.15) is 13.2 Å². The lowest BCUT2D eigenvalue weighted by Gasteiger charge is -2.12. The number of benzene rings is 1. The van der Waals surface area contributed by atoms with E-state index >= 15 is 0 Å². The molecule has 0 saturated heterocycles. The molecule has 0 atom stereocenters. The Balaban J connectivity index is 2.11. The minimum Gasteiger partial charge on any atom is -0.458 e. The Morgan fingerprint density at radius 2 is 2.04 bits per heavy atom. The largest absolute Gasteiger partial charge is 0.458 e. The van der Waals surface area contributed by atoms with Crippen molar-refractivity contribution in [3.05, 3.63) is 69.3 Å². The van der Waals surface area contributed by atoms with Gasteiger partial charge in [0.15, 0.2) is 11.3 Å². The van der Waals surface area contributed by atoms with Crippen molar-refractivity contribution in [3.8, 4) is 0 Å². The van der Waals surface area contributed by atoms with Crippen molar-refractivity contribution in [2.24, 2.45) is 0 Å². The molecule has 0 saturated carbocycles. The number of ether oxygens (including phenoxy) is 1. The van der Waals surface area contributed by atoms with Crippen LogP contribution in [0.1, 0.15) is 41.0 Å². The summed E-state index contributed by atoms with van der Waals surface area (Å²) in [6, 6.07) is 6.09. The SMILES string of the molecule is CC(C)OC(=O)c1nc2cc[nH]n2c(=O)c1Cc1cccc(C(F)(F)F)c1. The molecule has 27 heavy (non-hydrogen) atoms. The lowest BCUT2D eigenvalue weighted by Crippen LogP contribution is -2.26. The first kappa shape index (κ1) is 18.7. The van der Waals surface area contributed by atoms with Crippen LogP contribution in [0.15, 0.2) is 41.3 Å². The molecular formula is C18H16F3N3O3. The number of carbonyl (C=O) groups excluding carboxylic acids is 1. The maximum Gasteiger partial charge on any atom is 0.416 e. The van der Waals surface area contributed by atoms with Crippen molar-refractivity contribution in [1.29, 1.82) is 0 Å². The molecule has 0 bridgehead atoms. The predicted octanol–water partition coefficient (Wildman–Crippen LogP) is 3.20. The fourth-order valence-corrected chi connectivity index (χ4v) is 2.66. The number of rotatable bonds is 4. The van der Waals surface area contributed by atoms with Gasteiger partial charge < -0.3 is 4.74 Å². The molecule has 0 unspecified atom stereocenters. The van der Waals surface area contributed by atoms with Crippen LogP contribution in [0.25, 0.3) is 5.65 Å². The number of carbonyl (C=O) groups is 1. The molecule has 6 nitrogen and oxygen atoms in total. The zero-order valence-corrected chi connectivity index (χ0v) is 14.5. The Kier molecular flexibility index (Phi) is 4.77. The van der Waals surface area contributed by atoms with Gasteiger partial charge in [0.25, 0.3) is 5.56 Å². The molecule has 3 aromatic rings. The highest BCUT2D eigenvalue weighted by Gasteiger charge is 2.30. The van der Waals surface area contributed by atoms with E-state index < -0.39 is 29.4 Å². The second kappa shape index (κ2) is 6.90. The molecule has 2 heterocycles. The molecule has 0 spiro atoms. The fourth-order valence-electron chi connectivity index (χ4n) is 2.66. The summed E-state index contributed by atoms with van der Waals surface area (Å²) in [5.74, 6) is -0.798. The number of halogens is 3. The zero-order valence-electron chi connectivity index (χ0n) is 14.5. The van der Waals surface area contributed by atoms with E-state index in [0.29, 0.717) is 0 Å². The lowest BCUT2D eigenvalue weighted by atomic mass is 10.0. The van der Waals surface area contributed by atoms with Crippen LogP contribution in [-0.2, 0) is 17.3 Å². The average molecular weight is 379 g/mol. The zero-order chi connectivity index (χ0) is 19.8. The maximum atomic E-state index is 12.9. The van der Waals surface area contributed by atoms with Crippen LogP contribution < -0.4 is 5.56 Å². The van der Waals surface area contributed by atoms with Gasteiger partial charge in [-0.1, -0.05) is 18.2 Å². The van der Waals surface area contributed by atoms with Crippen molar-refractivity contribution in [2.45, 2.75) is 32.5 Å². The highest BCUT2D eigenvalue weighted by Crippen LogP contribution is 2.30. The van der Waals surface area contributed by atoms with Crippen LogP contribution in [0.5, 0.6) is 0 Å². The first-order chi connectivity index (χ1) is 12.7. The van der Waals surface area contributed by atoms with E-state index in [4.69, 9.17) is 4.74 Å². The standard InChI is InChI=1S/C18H16F3N3O3/c1-10(2)27-17(26)15-13(16(25)24-14(23-15)6-7-22-24)9-11-4-3-5-12(8-11)18(19,20)21/h3-8,10,22H,9H2,1-2H3. The van der Waals surface area contributed by atoms with Crippen LogP contribution in [0.3, 0.4) is 0 Å². The summed E-state index contributed by atoms with van der Waals surface area (Å²) in [6.45, 7) is 3.29. The Labute approximate surface area is 151 Å². The third-order valence-corrected chi connectivity index (χ3v) is 3.81. The summed E-state index contributed by atoms with van der Waals surface area (Å²) in [7, 11) is 0. The quantitative estimate of drug-likeness (QED) is 0.707. The van der Waals surface area contributed by atoms with Crippen LogP contribution >= 0.6 is 0 Å². The van der Waals surface area contributed by atoms with Crippen molar-refractivity contribution in [3.63, 3.8) is 0 Å².